The van der Waals surface area contributed by atoms with Crippen LogP contribution < -0.4 is 10.1 Å². The fourth-order valence-corrected chi connectivity index (χ4v) is 4.64. The second kappa shape index (κ2) is 11.7. The van der Waals surface area contributed by atoms with Gasteiger partial charge < -0.3 is 9.47 Å². The first-order valence-corrected chi connectivity index (χ1v) is 11.6. The summed E-state index contributed by atoms with van der Waals surface area (Å²) in [6.07, 6.45) is 12.2. The van der Waals surface area contributed by atoms with Crippen LogP contribution in [0.2, 0.25) is 0 Å². The van der Waals surface area contributed by atoms with Gasteiger partial charge in [-0.05, 0) is 49.9 Å². The number of esters is 1. The number of rotatable bonds is 5. The Bertz CT molecular complexity index is 803. The van der Waals surface area contributed by atoms with Gasteiger partial charge >= 0.3 is 5.97 Å². The van der Waals surface area contributed by atoms with Crippen molar-refractivity contribution >= 4 is 28.3 Å². The Balaban J connectivity index is 1.53. The molecule has 0 spiro atoms. The number of aryl methyl sites for hydroxylation is 2. The smallest absolute Gasteiger partial charge is 0.337 e. The highest BCUT2D eigenvalue weighted by atomic mass is 32.1. The van der Waals surface area contributed by atoms with E-state index in [0.717, 1.165) is 25.0 Å². The molecule has 1 aliphatic carbocycles. The monoisotopic (exact) mass is 430 g/mol. The molecule has 1 aliphatic rings. The van der Waals surface area contributed by atoms with Crippen LogP contribution in [0.4, 0.5) is 5.13 Å². The maximum atomic E-state index is 12.3. The summed E-state index contributed by atoms with van der Waals surface area (Å²) in [5.41, 5.74) is 1.59. The number of thiazole rings is 1. The number of hydrogen-bond acceptors (Lipinski definition) is 6. The van der Waals surface area contributed by atoms with Crippen molar-refractivity contribution in [3.8, 4) is 5.75 Å². The van der Waals surface area contributed by atoms with Gasteiger partial charge in [-0.1, -0.05) is 38.5 Å². The summed E-state index contributed by atoms with van der Waals surface area (Å²) < 4.78 is 10.2. The standard InChI is InChI=1S/C23H30N2O4S/c1-28-22(27)17-12-14-18(15-13-17)29-16-21(26)25-23-24-19-10-8-6-4-2-3-5-7-9-11-20(19)30-23/h12-15H,2-11,16H2,1H3,(H,24,25,26). The Morgan fingerprint density at radius 3 is 2.27 bits per heavy atom. The van der Waals surface area contributed by atoms with Crippen LogP contribution >= 0.6 is 11.3 Å². The molecule has 0 saturated carbocycles. The van der Waals surface area contributed by atoms with Gasteiger partial charge in [-0.25, -0.2) is 9.78 Å². The highest BCUT2D eigenvalue weighted by molar-refractivity contribution is 7.15. The number of carbonyl (C=O) groups is 2. The molecular formula is C23H30N2O4S. The Morgan fingerprint density at radius 1 is 0.967 bits per heavy atom. The molecule has 1 aromatic heterocycles. The van der Waals surface area contributed by atoms with E-state index in [1.165, 1.54) is 56.9 Å². The largest absolute Gasteiger partial charge is 0.484 e. The van der Waals surface area contributed by atoms with Gasteiger partial charge in [0.15, 0.2) is 11.7 Å². The van der Waals surface area contributed by atoms with Crippen molar-refractivity contribution in [1.82, 2.24) is 4.98 Å². The van der Waals surface area contributed by atoms with Gasteiger partial charge in [0.1, 0.15) is 5.75 Å². The lowest BCUT2D eigenvalue weighted by molar-refractivity contribution is -0.118. The van der Waals surface area contributed by atoms with Crippen molar-refractivity contribution in [1.29, 1.82) is 0 Å². The molecule has 0 saturated heterocycles. The van der Waals surface area contributed by atoms with Crippen molar-refractivity contribution in [2.75, 3.05) is 19.0 Å². The van der Waals surface area contributed by atoms with E-state index in [1.54, 1.807) is 35.6 Å². The summed E-state index contributed by atoms with van der Waals surface area (Å²) in [5, 5.41) is 3.53. The van der Waals surface area contributed by atoms with E-state index in [4.69, 9.17) is 9.72 Å². The molecule has 0 unspecified atom stereocenters. The second-order valence-corrected chi connectivity index (χ2v) is 8.65. The number of hydrogen-bond donors (Lipinski definition) is 1. The number of amides is 1. The molecule has 1 N–H and O–H groups in total. The maximum absolute atomic E-state index is 12.3. The molecular weight excluding hydrogens is 400 g/mol. The first-order chi connectivity index (χ1) is 14.7. The molecule has 1 amide bonds. The molecule has 0 radical (unpaired) electrons. The van der Waals surface area contributed by atoms with E-state index in [9.17, 15) is 9.59 Å². The minimum absolute atomic E-state index is 0.109. The Kier molecular flexibility index (Phi) is 8.68. The normalized spacial score (nSPS) is 15.2. The molecule has 7 heteroatoms. The molecule has 0 bridgehead atoms. The second-order valence-electron chi connectivity index (χ2n) is 7.57. The SMILES string of the molecule is COC(=O)c1ccc(OCC(=O)Nc2nc3c(s2)CCCCCCCCCC3)cc1. The van der Waals surface area contributed by atoms with Crippen LogP contribution in [0.3, 0.4) is 0 Å². The van der Waals surface area contributed by atoms with Crippen LogP contribution in [0.5, 0.6) is 5.75 Å². The summed E-state index contributed by atoms with van der Waals surface area (Å²) in [7, 11) is 1.34. The summed E-state index contributed by atoms with van der Waals surface area (Å²) in [4.78, 5) is 29.8. The number of ether oxygens (including phenoxy) is 2. The summed E-state index contributed by atoms with van der Waals surface area (Å²) in [6, 6.07) is 6.50. The van der Waals surface area contributed by atoms with E-state index in [2.05, 4.69) is 10.1 Å². The average molecular weight is 431 g/mol. The van der Waals surface area contributed by atoms with Crippen LogP contribution in [0.25, 0.3) is 0 Å². The van der Waals surface area contributed by atoms with Gasteiger partial charge in [0.25, 0.3) is 5.91 Å². The first kappa shape index (κ1) is 22.3. The third-order valence-corrected chi connectivity index (χ3v) is 6.31. The van der Waals surface area contributed by atoms with E-state index in [-0.39, 0.29) is 12.5 Å². The molecule has 162 valence electrons. The summed E-state index contributed by atoms with van der Waals surface area (Å²) >= 11 is 1.59. The van der Waals surface area contributed by atoms with Crippen molar-refractivity contribution < 1.29 is 19.1 Å². The van der Waals surface area contributed by atoms with Crippen molar-refractivity contribution in [3.05, 3.63) is 40.4 Å². The highest BCUT2D eigenvalue weighted by Crippen LogP contribution is 2.27. The van der Waals surface area contributed by atoms with Crippen LogP contribution in [0.15, 0.2) is 24.3 Å². The molecule has 2 aromatic rings. The topological polar surface area (TPSA) is 77.5 Å². The zero-order valence-electron chi connectivity index (χ0n) is 17.6. The summed E-state index contributed by atoms with van der Waals surface area (Å²) in [5.74, 6) is -0.128. The van der Waals surface area contributed by atoms with E-state index >= 15 is 0 Å². The molecule has 0 fully saturated rings. The highest BCUT2D eigenvalue weighted by Gasteiger charge is 2.14. The summed E-state index contributed by atoms with van der Waals surface area (Å²) in [6.45, 7) is -0.109. The minimum atomic E-state index is -0.406. The van der Waals surface area contributed by atoms with Gasteiger partial charge in [-0.2, -0.15) is 0 Å². The van der Waals surface area contributed by atoms with Gasteiger partial charge in [0.05, 0.1) is 18.4 Å². The third kappa shape index (κ3) is 6.83. The number of nitrogens with one attached hydrogen (secondary N) is 1. The number of benzene rings is 1. The Morgan fingerprint density at radius 2 is 1.60 bits per heavy atom. The van der Waals surface area contributed by atoms with E-state index in [0.29, 0.717) is 16.4 Å². The lowest BCUT2D eigenvalue weighted by atomic mass is 10.0. The fourth-order valence-electron chi connectivity index (χ4n) is 3.58. The maximum Gasteiger partial charge on any atom is 0.337 e. The van der Waals surface area contributed by atoms with Gasteiger partial charge in [-0.3, -0.25) is 10.1 Å². The fraction of sp³-hybridized carbons (Fsp3) is 0.522. The number of nitrogens with zero attached hydrogens (tertiary/aromatic N) is 1. The first-order valence-electron chi connectivity index (χ1n) is 10.8. The molecule has 1 heterocycles. The quantitative estimate of drug-likeness (QED) is 0.663. The number of aromatic nitrogens is 1. The number of methoxy groups -OCH3 is 1. The van der Waals surface area contributed by atoms with Crippen LogP contribution in [0.1, 0.15) is 72.3 Å². The predicted octanol–water partition coefficient (Wildman–Crippen LogP) is 5.17. The molecule has 3 rings (SSSR count). The van der Waals surface area contributed by atoms with Crippen LogP contribution in [0, 0.1) is 0 Å². The third-order valence-electron chi connectivity index (χ3n) is 5.24. The van der Waals surface area contributed by atoms with Crippen molar-refractivity contribution in [2.45, 2.75) is 64.2 Å². The number of fused-ring (bicyclic) bond motifs is 1. The van der Waals surface area contributed by atoms with Gasteiger partial charge in [0, 0.05) is 4.88 Å². The van der Waals surface area contributed by atoms with Crippen molar-refractivity contribution in [3.63, 3.8) is 0 Å². The van der Waals surface area contributed by atoms with Gasteiger partial charge in [-0.15, -0.1) is 11.3 Å². The molecule has 1 aromatic carbocycles. The Labute approximate surface area is 182 Å². The molecule has 30 heavy (non-hydrogen) atoms. The zero-order chi connectivity index (χ0) is 21.2. The lowest BCUT2D eigenvalue weighted by Crippen LogP contribution is -2.20. The lowest BCUT2D eigenvalue weighted by Gasteiger charge is -2.06. The minimum Gasteiger partial charge on any atom is -0.484 e. The number of carbonyl (C=O) groups excluding carboxylic acids is 2. The Hall–Kier alpha value is -2.41. The predicted molar refractivity (Wildman–Crippen MR) is 118 cm³/mol. The van der Waals surface area contributed by atoms with Gasteiger partial charge in [0.2, 0.25) is 0 Å². The number of anilines is 1. The average Bonchev–Trinajstić information content (AvgIpc) is 3.13. The van der Waals surface area contributed by atoms with Crippen LogP contribution in [-0.2, 0) is 22.4 Å². The zero-order valence-corrected chi connectivity index (χ0v) is 18.4. The van der Waals surface area contributed by atoms with Crippen LogP contribution in [-0.4, -0.2) is 30.6 Å². The molecule has 0 aliphatic heterocycles. The van der Waals surface area contributed by atoms with E-state index in [1.807, 2.05) is 0 Å². The van der Waals surface area contributed by atoms with E-state index < -0.39 is 5.97 Å². The van der Waals surface area contributed by atoms with Crippen molar-refractivity contribution in [2.24, 2.45) is 0 Å². The molecule has 6 nitrogen and oxygen atoms in total. The molecule has 0 atom stereocenters.